The van der Waals surface area contributed by atoms with Gasteiger partial charge in [-0.1, -0.05) is 31.5 Å². The van der Waals surface area contributed by atoms with E-state index in [-0.39, 0.29) is 24.0 Å². The zero-order valence-corrected chi connectivity index (χ0v) is 10.8. The van der Waals surface area contributed by atoms with Gasteiger partial charge in [-0.15, -0.1) is 0 Å². The van der Waals surface area contributed by atoms with Crippen molar-refractivity contribution in [1.82, 2.24) is 0 Å². The van der Waals surface area contributed by atoms with Gasteiger partial charge in [-0.2, -0.15) is 0 Å². The molecule has 0 spiro atoms. The summed E-state index contributed by atoms with van der Waals surface area (Å²) in [5.74, 6) is -0.372. The molecule has 0 aromatic heterocycles. The number of ketones is 1. The number of carbonyl (C=O) groups is 2. The fraction of sp³-hybridized carbons (Fsp3) is 0.429. The largest absolute Gasteiger partial charge is 0.325 e. The average Bonchev–Trinajstić information content (AvgIpc) is 2.22. The predicted octanol–water partition coefficient (Wildman–Crippen LogP) is 2.86. The van der Waals surface area contributed by atoms with Crippen LogP contribution in [0.4, 0.5) is 5.69 Å². The van der Waals surface area contributed by atoms with E-state index in [1.54, 1.807) is 13.8 Å². The van der Waals surface area contributed by atoms with E-state index in [1.165, 1.54) is 0 Å². The summed E-state index contributed by atoms with van der Waals surface area (Å²) in [6.07, 6.45) is -0.0506. The molecule has 0 heterocycles. The summed E-state index contributed by atoms with van der Waals surface area (Å²) in [5.41, 5.74) is 2.94. The lowest BCUT2D eigenvalue weighted by Gasteiger charge is -2.09. The van der Waals surface area contributed by atoms with Gasteiger partial charge in [-0.05, 0) is 25.5 Å². The first-order valence-corrected chi connectivity index (χ1v) is 5.80. The maximum absolute atomic E-state index is 11.6. The number of aryl methyl sites for hydroxylation is 2. The Balaban J connectivity index is 2.65. The van der Waals surface area contributed by atoms with Crippen LogP contribution < -0.4 is 5.32 Å². The van der Waals surface area contributed by atoms with Crippen LogP contribution in [0.25, 0.3) is 0 Å². The first-order valence-electron chi connectivity index (χ1n) is 5.80. The number of carbonyl (C=O) groups excluding carboxylic acids is 2. The van der Waals surface area contributed by atoms with E-state index in [1.807, 2.05) is 32.0 Å². The SMILES string of the molecule is Cc1ccc(NC(=O)CC(=O)C(C)C)c(C)c1. The second-order valence-electron chi connectivity index (χ2n) is 4.66. The number of rotatable bonds is 4. The first-order chi connectivity index (χ1) is 7.90. The Morgan fingerprint density at radius 1 is 1.24 bits per heavy atom. The molecule has 0 radical (unpaired) electrons. The van der Waals surface area contributed by atoms with Crippen LogP contribution >= 0.6 is 0 Å². The number of benzene rings is 1. The highest BCUT2D eigenvalue weighted by Gasteiger charge is 2.13. The molecule has 1 aromatic rings. The average molecular weight is 233 g/mol. The van der Waals surface area contributed by atoms with Crippen LogP contribution in [0.1, 0.15) is 31.4 Å². The minimum atomic E-state index is -0.240. The smallest absolute Gasteiger partial charge is 0.231 e. The summed E-state index contributed by atoms with van der Waals surface area (Å²) in [6.45, 7) is 7.53. The quantitative estimate of drug-likeness (QED) is 0.813. The van der Waals surface area contributed by atoms with Gasteiger partial charge in [0, 0.05) is 11.6 Å². The van der Waals surface area contributed by atoms with E-state index in [9.17, 15) is 9.59 Å². The zero-order valence-electron chi connectivity index (χ0n) is 10.8. The molecular weight excluding hydrogens is 214 g/mol. The van der Waals surface area contributed by atoms with Crippen LogP contribution in [0.3, 0.4) is 0 Å². The fourth-order valence-electron chi connectivity index (χ4n) is 1.51. The van der Waals surface area contributed by atoms with Crippen LogP contribution in [0.2, 0.25) is 0 Å². The molecule has 0 saturated carbocycles. The highest BCUT2D eigenvalue weighted by molar-refractivity contribution is 6.05. The minimum absolute atomic E-state index is 0.0349. The Bertz CT molecular complexity index is 436. The van der Waals surface area contributed by atoms with Gasteiger partial charge in [0.05, 0.1) is 6.42 Å². The third-order valence-electron chi connectivity index (χ3n) is 2.63. The van der Waals surface area contributed by atoms with Crippen molar-refractivity contribution >= 4 is 17.4 Å². The third kappa shape index (κ3) is 4.02. The van der Waals surface area contributed by atoms with Crippen molar-refractivity contribution in [2.75, 3.05) is 5.32 Å². The highest BCUT2D eigenvalue weighted by atomic mass is 16.2. The molecule has 3 heteroatoms. The van der Waals surface area contributed by atoms with E-state index < -0.39 is 0 Å². The lowest BCUT2D eigenvalue weighted by atomic mass is 10.1. The lowest BCUT2D eigenvalue weighted by molar-refractivity contribution is -0.127. The number of anilines is 1. The van der Waals surface area contributed by atoms with Gasteiger partial charge in [-0.3, -0.25) is 9.59 Å². The first kappa shape index (κ1) is 13.4. The number of nitrogens with one attached hydrogen (secondary N) is 1. The van der Waals surface area contributed by atoms with Crippen LogP contribution in [0.15, 0.2) is 18.2 Å². The van der Waals surface area contributed by atoms with Crippen molar-refractivity contribution in [3.8, 4) is 0 Å². The number of hydrogen-bond donors (Lipinski definition) is 1. The van der Waals surface area contributed by atoms with Gasteiger partial charge in [0.1, 0.15) is 5.78 Å². The topological polar surface area (TPSA) is 46.2 Å². The molecule has 0 saturated heterocycles. The molecule has 0 fully saturated rings. The molecule has 1 N–H and O–H groups in total. The maximum atomic E-state index is 11.6. The van der Waals surface area contributed by atoms with Gasteiger partial charge in [0.2, 0.25) is 5.91 Å². The van der Waals surface area contributed by atoms with Gasteiger partial charge in [-0.25, -0.2) is 0 Å². The van der Waals surface area contributed by atoms with Crippen LogP contribution in [0.5, 0.6) is 0 Å². The molecule has 0 unspecified atom stereocenters. The molecular formula is C14H19NO2. The van der Waals surface area contributed by atoms with Crippen molar-refractivity contribution < 1.29 is 9.59 Å². The van der Waals surface area contributed by atoms with Crippen molar-refractivity contribution in [2.24, 2.45) is 5.92 Å². The second-order valence-corrected chi connectivity index (χ2v) is 4.66. The monoisotopic (exact) mass is 233 g/mol. The summed E-state index contributed by atoms with van der Waals surface area (Å²) in [4.78, 5) is 23.1. The maximum Gasteiger partial charge on any atom is 0.231 e. The van der Waals surface area contributed by atoms with E-state index in [2.05, 4.69) is 5.32 Å². The molecule has 0 aliphatic carbocycles. The minimum Gasteiger partial charge on any atom is -0.325 e. The summed E-state index contributed by atoms with van der Waals surface area (Å²) in [7, 11) is 0. The van der Waals surface area contributed by atoms with E-state index >= 15 is 0 Å². The molecule has 0 atom stereocenters. The van der Waals surface area contributed by atoms with E-state index in [0.29, 0.717) is 0 Å². The van der Waals surface area contributed by atoms with Crippen LogP contribution in [-0.2, 0) is 9.59 Å². The Labute approximate surface area is 102 Å². The molecule has 1 amide bonds. The number of hydrogen-bond acceptors (Lipinski definition) is 2. The summed E-state index contributed by atoms with van der Waals surface area (Å²) >= 11 is 0. The molecule has 0 aliphatic rings. The third-order valence-corrected chi connectivity index (χ3v) is 2.63. The zero-order chi connectivity index (χ0) is 13.0. The van der Waals surface area contributed by atoms with Gasteiger partial charge in [0.25, 0.3) is 0 Å². The van der Waals surface area contributed by atoms with Gasteiger partial charge >= 0.3 is 0 Å². The van der Waals surface area contributed by atoms with Crippen molar-refractivity contribution in [3.63, 3.8) is 0 Å². The molecule has 17 heavy (non-hydrogen) atoms. The molecule has 0 bridgehead atoms. The molecule has 3 nitrogen and oxygen atoms in total. The Morgan fingerprint density at radius 3 is 2.41 bits per heavy atom. The Morgan fingerprint density at radius 2 is 1.88 bits per heavy atom. The predicted molar refractivity (Wildman–Crippen MR) is 69.0 cm³/mol. The van der Waals surface area contributed by atoms with Crippen LogP contribution in [-0.4, -0.2) is 11.7 Å². The van der Waals surface area contributed by atoms with Crippen molar-refractivity contribution in [2.45, 2.75) is 34.1 Å². The summed E-state index contributed by atoms with van der Waals surface area (Å²) in [5, 5.41) is 2.76. The normalized spacial score (nSPS) is 10.4. The molecule has 0 aliphatic heterocycles. The Kier molecular flexibility index (Phi) is 4.44. The standard InChI is InChI=1S/C14H19NO2/c1-9(2)13(16)8-14(17)15-12-6-5-10(3)7-11(12)4/h5-7,9H,8H2,1-4H3,(H,15,17). The Hall–Kier alpha value is -1.64. The van der Waals surface area contributed by atoms with E-state index in [4.69, 9.17) is 0 Å². The van der Waals surface area contributed by atoms with Gasteiger partial charge in [0.15, 0.2) is 0 Å². The molecule has 1 aromatic carbocycles. The lowest BCUT2D eigenvalue weighted by Crippen LogP contribution is -2.19. The van der Waals surface area contributed by atoms with E-state index in [0.717, 1.165) is 16.8 Å². The number of amides is 1. The van der Waals surface area contributed by atoms with Crippen LogP contribution in [0, 0.1) is 19.8 Å². The second kappa shape index (κ2) is 5.62. The number of Topliss-reactive ketones (excluding diaryl/α,β-unsaturated/α-hetero) is 1. The summed E-state index contributed by atoms with van der Waals surface area (Å²) < 4.78 is 0. The van der Waals surface area contributed by atoms with Gasteiger partial charge < -0.3 is 5.32 Å². The molecule has 1 rings (SSSR count). The van der Waals surface area contributed by atoms with Crippen molar-refractivity contribution in [1.29, 1.82) is 0 Å². The summed E-state index contributed by atoms with van der Waals surface area (Å²) in [6, 6.07) is 5.80. The van der Waals surface area contributed by atoms with Crippen molar-refractivity contribution in [3.05, 3.63) is 29.3 Å². The fourth-order valence-corrected chi connectivity index (χ4v) is 1.51. The molecule has 92 valence electrons. The highest BCUT2D eigenvalue weighted by Crippen LogP contribution is 2.16.